The molecule has 6 aromatic heterocycles. The molecule has 22 heteroatoms. The predicted molar refractivity (Wildman–Crippen MR) is 196 cm³/mol. The highest BCUT2D eigenvalue weighted by molar-refractivity contribution is 7.20. The molecule has 6 N–H and O–H groups in total. The van der Waals surface area contributed by atoms with Crippen molar-refractivity contribution in [2.24, 2.45) is 0 Å². The lowest BCUT2D eigenvalue weighted by Gasteiger charge is -2.03. The summed E-state index contributed by atoms with van der Waals surface area (Å²) in [7, 11) is 0. The number of nitrogens with zero attached hydrogens (tertiary/aromatic N) is 9. The summed E-state index contributed by atoms with van der Waals surface area (Å²) in [5.74, 6) is 0.669. The summed E-state index contributed by atoms with van der Waals surface area (Å²) in [6, 6.07) is 7.34. The van der Waals surface area contributed by atoms with Gasteiger partial charge in [-0.15, -0.1) is 32.9 Å². The van der Waals surface area contributed by atoms with Crippen LogP contribution in [0, 0.1) is 13.8 Å². The fourth-order valence-electron chi connectivity index (χ4n) is 4.33. The zero-order valence-corrected chi connectivity index (χ0v) is 30.5. The van der Waals surface area contributed by atoms with E-state index in [0.29, 0.717) is 33.9 Å². The van der Waals surface area contributed by atoms with Crippen molar-refractivity contribution in [1.82, 2.24) is 50.8 Å². The van der Waals surface area contributed by atoms with E-state index in [4.69, 9.17) is 4.42 Å². The Hall–Kier alpha value is -5.71. The van der Waals surface area contributed by atoms with Crippen LogP contribution in [0.2, 0.25) is 0 Å². The molecule has 0 aliphatic rings. The number of aromatic amines is 1. The quantitative estimate of drug-likeness (QED) is 0.0920. The minimum absolute atomic E-state index is 0.132. The van der Waals surface area contributed by atoms with Crippen molar-refractivity contribution in [3.8, 4) is 38.7 Å². The SMILES string of the molecule is CC(=O)Nc1nc(C)c(-c2csc(NCCc3nnn[nH]3)n2)s1.CC(=O)Nc1nc(C)c(-c2csc(Nc3cccc(-c4nnc(O)o4)c3)n2)s1. The molecule has 0 bridgehead atoms. The first kappa shape index (κ1) is 35.1. The zero-order valence-electron chi connectivity index (χ0n) is 27.2. The van der Waals surface area contributed by atoms with Crippen molar-refractivity contribution >= 4 is 83.4 Å². The summed E-state index contributed by atoms with van der Waals surface area (Å²) in [6.45, 7) is 7.38. The van der Waals surface area contributed by atoms with Crippen molar-refractivity contribution in [3.05, 3.63) is 52.2 Å². The molecule has 2 amide bonds. The molecular weight excluding hydrogens is 737 g/mol. The summed E-state index contributed by atoms with van der Waals surface area (Å²) in [4.78, 5) is 42.0. The molecule has 0 radical (unpaired) electrons. The first-order valence-corrected chi connectivity index (χ1v) is 18.3. The van der Waals surface area contributed by atoms with Crippen LogP contribution in [0.4, 0.5) is 26.2 Å². The highest BCUT2D eigenvalue weighted by Crippen LogP contribution is 2.36. The van der Waals surface area contributed by atoms with E-state index in [1.54, 1.807) is 6.07 Å². The number of aryl methyl sites for hydroxylation is 2. The van der Waals surface area contributed by atoms with Gasteiger partial charge in [0.1, 0.15) is 5.82 Å². The lowest BCUT2D eigenvalue weighted by molar-refractivity contribution is -0.115. The summed E-state index contributed by atoms with van der Waals surface area (Å²) in [5.41, 5.74) is 4.76. The number of carbonyl (C=O) groups is 2. The molecule has 0 aliphatic heterocycles. The number of benzene rings is 1. The van der Waals surface area contributed by atoms with E-state index >= 15 is 0 Å². The van der Waals surface area contributed by atoms with Gasteiger partial charge < -0.3 is 30.8 Å². The van der Waals surface area contributed by atoms with Gasteiger partial charge in [0, 0.05) is 48.8 Å². The maximum absolute atomic E-state index is 11.2. The Morgan fingerprint density at radius 2 is 1.49 bits per heavy atom. The van der Waals surface area contributed by atoms with Gasteiger partial charge in [0.05, 0.1) is 32.5 Å². The van der Waals surface area contributed by atoms with Gasteiger partial charge in [-0.25, -0.2) is 25.0 Å². The van der Waals surface area contributed by atoms with E-state index in [9.17, 15) is 14.7 Å². The highest BCUT2D eigenvalue weighted by Gasteiger charge is 2.16. The van der Waals surface area contributed by atoms with Crippen LogP contribution >= 0.6 is 45.3 Å². The first-order valence-electron chi connectivity index (χ1n) is 14.9. The number of aromatic nitrogens is 10. The smallest absolute Gasteiger partial charge is 0.412 e. The summed E-state index contributed by atoms with van der Waals surface area (Å²) in [6.07, 6.45) is 0.213. The molecule has 0 unspecified atom stereocenters. The number of tetrazole rings is 1. The molecule has 7 aromatic rings. The third-order valence-electron chi connectivity index (χ3n) is 6.44. The molecule has 7 rings (SSSR count). The van der Waals surface area contributed by atoms with E-state index < -0.39 is 6.08 Å². The largest absolute Gasteiger partial charge is 0.465 e. The van der Waals surface area contributed by atoms with Crippen molar-refractivity contribution < 1.29 is 19.1 Å². The van der Waals surface area contributed by atoms with Gasteiger partial charge in [0.2, 0.25) is 11.8 Å². The van der Waals surface area contributed by atoms with Crippen LogP contribution in [0.25, 0.3) is 32.6 Å². The van der Waals surface area contributed by atoms with Crippen LogP contribution in [0.1, 0.15) is 31.1 Å². The van der Waals surface area contributed by atoms with Crippen LogP contribution in [0.3, 0.4) is 0 Å². The van der Waals surface area contributed by atoms with E-state index in [0.717, 1.165) is 49.2 Å². The Morgan fingerprint density at radius 3 is 2.08 bits per heavy atom. The van der Waals surface area contributed by atoms with E-state index in [1.165, 1.54) is 59.2 Å². The number of nitrogens with one attached hydrogen (secondary N) is 5. The average molecular weight is 765 g/mol. The third-order valence-corrected chi connectivity index (χ3v) is 10.2. The molecular formula is C29H28N14O4S4. The van der Waals surface area contributed by atoms with Gasteiger partial charge in [-0.2, -0.15) is 0 Å². The minimum Gasteiger partial charge on any atom is -0.465 e. The summed E-state index contributed by atoms with van der Waals surface area (Å²) < 4.78 is 5.04. The zero-order chi connectivity index (χ0) is 35.9. The van der Waals surface area contributed by atoms with Crippen molar-refractivity contribution in [1.29, 1.82) is 0 Å². The number of H-pyrrole nitrogens is 1. The Bertz CT molecular complexity index is 2250. The Kier molecular flexibility index (Phi) is 10.9. The van der Waals surface area contributed by atoms with Gasteiger partial charge in [0.15, 0.2) is 20.5 Å². The van der Waals surface area contributed by atoms with Gasteiger partial charge in [-0.1, -0.05) is 33.8 Å². The second-order valence-electron chi connectivity index (χ2n) is 10.4. The number of carbonyl (C=O) groups excluding carboxylic acids is 2. The van der Waals surface area contributed by atoms with E-state index in [-0.39, 0.29) is 17.7 Å². The topological polar surface area (TPSA) is 247 Å². The molecule has 0 saturated carbocycles. The maximum atomic E-state index is 11.2. The monoisotopic (exact) mass is 764 g/mol. The van der Waals surface area contributed by atoms with Gasteiger partial charge in [-0.3, -0.25) is 9.59 Å². The van der Waals surface area contributed by atoms with Crippen molar-refractivity contribution in [2.45, 2.75) is 34.1 Å². The minimum atomic E-state index is -0.475. The number of rotatable bonds is 11. The lowest BCUT2D eigenvalue weighted by Crippen LogP contribution is -2.05. The molecule has 18 nitrogen and oxygen atoms in total. The van der Waals surface area contributed by atoms with Crippen LogP contribution < -0.4 is 21.3 Å². The van der Waals surface area contributed by atoms with Gasteiger partial charge in [0.25, 0.3) is 5.89 Å². The van der Waals surface area contributed by atoms with Crippen LogP contribution in [0.5, 0.6) is 6.08 Å². The molecule has 51 heavy (non-hydrogen) atoms. The summed E-state index contributed by atoms with van der Waals surface area (Å²) in [5, 5.41) is 48.5. The molecule has 6 heterocycles. The molecule has 0 saturated heterocycles. The normalized spacial score (nSPS) is 10.7. The number of anilines is 5. The molecule has 1 aromatic carbocycles. The van der Waals surface area contributed by atoms with Gasteiger partial charge in [-0.05, 0) is 42.5 Å². The molecule has 0 atom stereocenters. The number of hydrogen-bond donors (Lipinski definition) is 6. The van der Waals surface area contributed by atoms with E-state index in [2.05, 4.69) is 72.0 Å². The second-order valence-corrected chi connectivity index (χ2v) is 14.1. The van der Waals surface area contributed by atoms with Crippen molar-refractivity contribution in [2.75, 3.05) is 27.8 Å². The van der Waals surface area contributed by atoms with Crippen molar-refractivity contribution in [3.63, 3.8) is 0 Å². The van der Waals surface area contributed by atoms with E-state index in [1.807, 2.05) is 42.8 Å². The maximum Gasteiger partial charge on any atom is 0.412 e. The number of aromatic hydroxyl groups is 1. The number of amides is 2. The lowest BCUT2D eigenvalue weighted by atomic mass is 10.2. The number of thiazole rings is 4. The third kappa shape index (κ3) is 9.30. The molecule has 0 spiro atoms. The second kappa shape index (κ2) is 15.9. The highest BCUT2D eigenvalue weighted by atomic mass is 32.1. The molecule has 262 valence electrons. The molecule has 0 aliphatic carbocycles. The first-order chi connectivity index (χ1) is 24.6. The summed E-state index contributed by atoms with van der Waals surface area (Å²) >= 11 is 5.78. The Balaban J connectivity index is 0.000000179. The standard InChI is InChI=1S/C17H14N6O3S2.C12H14N8OS2/c1-8-13(28-16(18-8)19-9(2)24)12-7-27-15(21-12)20-11-5-3-4-10(6-11)14-22-23-17(25)26-14;1-6-10(23-12(14-6)15-7(2)21)8-5-22-11(16-8)13-4-3-9-17-19-20-18-9/h3-7H,1-2H3,(H,20,21)(H,23,25)(H,18,19,24);5H,3-4H2,1-2H3,(H,13,16)(H,14,15,21)(H,17,18,19,20). The van der Waals surface area contributed by atoms with Crippen LogP contribution in [0.15, 0.2) is 39.4 Å². The fraction of sp³-hybridized carbons (Fsp3) is 0.207. The average Bonchev–Trinajstić information content (AvgIpc) is 3.93. The predicted octanol–water partition coefficient (Wildman–Crippen LogP) is 5.73. The Morgan fingerprint density at radius 1 is 0.843 bits per heavy atom. The fourth-order valence-corrected chi connectivity index (χ4v) is 7.88. The van der Waals surface area contributed by atoms with Crippen LogP contribution in [-0.2, 0) is 16.0 Å². The molecule has 0 fully saturated rings. The Labute approximate surface area is 304 Å². The number of hydrogen-bond acceptors (Lipinski definition) is 19. The van der Waals surface area contributed by atoms with Crippen LogP contribution in [-0.4, -0.2) is 74.2 Å². The van der Waals surface area contributed by atoms with Gasteiger partial charge >= 0.3 is 6.08 Å².